The van der Waals surface area contributed by atoms with Crippen LogP contribution in [0.25, 0.3) is 0 Å². The van der Waals surface area contributed by atoms with Crippen molar-refractivity contribution in [3.8, 4) is 0 Å². The van der Waals surface area contributed by atoms with E-state index >= 15 is 0 Å². The normalized spacial score (nSPS) is 16.6. The highest BCUT2D eigenvalue weighted by atomic mass is 79.9. The van der Waals surface area contributed by atoms with Crippen LogP contribution in [0.15, 0.2) is 22.7 Å². The second-order valence-electron chi connectivity index (χ2n) is 4.69. The van der Waals surface area contributed by atoms with Gasteiger partial charge in [0.2, 0.25) is 0 Å². The van der Waals surface area contributed by atoms with E-state index in [9.17, 15) is 0 Å². The maximum atomic E-state index is 7.74. The van der Waals surface area contributed by atoms with Crippen LogP contribution in [0.4, 0.5) is 5.69 Å². The lowest BCUT2D eigenvalue weighted by Gasteiger charge is -2.34. The van der Waals surface area contributed by atoms with Crippen LogP contribution >= 0.6 is 15.9 Å². The number of ether oxygens (including phenoxy) is 1. The second-order valence-corrected chi connectivity index (χ2v) is 5.54. The molecule has 0 atom stereocenters. The molecular formula is C14H20BrN3O. The van der Waals surface area contributed by atoms with Gasteiger partial charge in [-0.15, -0.1) is 0 Å². The standard InChI is InChI=1S/C14H20BrN3O/c1-2-19-10-6-8-18(9-7-10)12-5-3-4-11(15)13(12)14(16)17/h3-5,10H,2,6-9H2,1H3,(H3,16,17). The van der Waals surface area contributed by atoms with E-state index in [4.69, 9.17) is 15.9 Å². The van der Waals surface area contributed by atoms with Crippen LogP contribution in [0.2, 0.25) is 0 Å². The number of hydrogen-bond donors (Lipinski definition) is 2. The van der Waals surface area contributed by atoms with E-state index in [0.717, 1.165) is 48.3 Å². The third kappa shape index (κ3) is 3.28. The molecular weight excluding hydrogens is 306 g/mol. The fraction of sp³-hybridized carbons (Fsp3) is 0.500. The number of nitrogens with zero attached hydrogens (tertiary/aromatic N) is 1. The van der Waals surface area contributed by atoms with Crippen LogP contribution in [0, 0.1) is 5.41 Å². The van der Waals surface area contributed by atoms with E-state index in [1.54, 1.807) is 0 Å². The fourth-order valence-corrected chi connectivity index (χ4v) is 3.11. The molecule has 0 aromatic heterocycles. The quantitative estimate of drug-likeness (QED) is 0.661. The Balaban J connectivity index is 2.15. The SMILES string of the molecule is CCOC1CCN(c2cccc(Br)c2C(=N)N)CC1. The lowest BCUT2D eigenvalue weighted by atomic mass is 10.0. The van der Waals surface area contributed by atoms with Crippen LogP contribution < -0.4 is 10.6 Å². The molecule has 0 aliphatic carbocycles. The molecule has 0 unspecified atom stereocenters. The summed E-state index contributed by atoms with van der Waals surface area (Å²) >= 11 is 3.48. The molecule has 0 bridgehead atoms. The van der Waals surface area contributed by atoms with Crippen LogP contribution in [0.5, 0.6) is 0 Å². The van der Waals surface area contributed by atoms with Gasteiger partial charge in [0.25, 0.3) is 0 Å². The first-order valence-electron chi connectivity index (χ1n) is 6.63. The van der Waals surface area contributed by atoms with Crippen LogP contribution in [-0.2, 0) is 4.74 Å². The van der Waals surface area contributed by atoms with E-state index in [2.05, 4.69) is 20.8 Å². The van der Waals surface area contributed by atoms with E-state index in [1.165, 1.54) is 0 Å². The van der Waals surface area contributed by atoms with Gasteiger partial charge >= 0.3 is 0 Å². The van der Waals surface area contributed by atoms with Crippen molar-refractivity contribution in [1.82, 2.24) is 0 Å². The summed E-state index contributed by atoms with van der Waals surface area (Å²) in [4.78, 5) is 2.29. The summed E-state index contributed by atoms with van der Waals surface area (Å²) in [5, 5.41) is 7.74. The van der Waals surface area contributed by atoms with Crippen molar-refractivity contribution in [2.24, 2.45) is 5.73 Å². The number of halogens is 1. The van der Waals surface area contributed by atoms with Crippen molar-refractivity contribution >= 4 is 27.5 Å². The van der Waals surface area contributed by atoms with E-state index in [0.29, 0.717) is 6.10 Å². The summed E-state index contributed by atoms with van der Waals surface area (Å²) in [6.07, 6.45) is 2.42. The summed E-state index contributed by atoms with van der Waals surface area (Å²) < 4.78 is 6.54. The molecule has 0 saturated carbocycles. The van der Waals surface area contributed by atoms with Gasteiger partial charge in [0.1, 0.15) is 5.84 Å². The number of nitrogens with one attached hydrogen (secondary N) is 1. The summed E-state index contributed by atoms with van der Waals surface area (Å²) in [6, 6.07) is 5.94. The third-order valence-electron chi connectivity index (χ3n) is 3.45. The molecule has 1 aromatic rings. The van der Waals surface area contributed by atoms with Crippen molar-refractivity contribution in [3.63, 3.8) is 0 Å². The maximum Gasteiger partial charge on any atom is 0.126 e. The molecule has 1 aliphatic heterocycles. The molecule has 104 valence electrons. The van der Waals surface area contributed by atoms with Gasteiger partial charge in [0.05, 0.1) is 11.7 Å². The zero-order valence-corrected chi connectivity index (χ0v) is 12.7. The Kier molecular flexibility index (Phi) is 4.82. The summed E-state index contributed by atoms with van der Waals surface area (Å²) in [7, 11) is 0. The highest BCUT2D eigenvalue weighted by Crippen LogP contribution is 2.29. The van der Waals surface area contributed by atoms with Gasteiger partial charge < -0.3 is 15.4 Å². The number of nitrogen functional groups attached to an aromatic ring is 1. The minimum atomic E-state index is 0.106. The number of rotatable bonds is 4. The Hall–Kier alpha value is -1.07. The van der Waals surface area contributed by atoms with Crippen molar-refractivity contribution in [1.29, 1.82) is 5.41 Å². The molecule has 1 saturated heterocycles. The molecule has 1 heterocycles. The molecule has 5 heteroatoms. The van der Waals surface area contributed by atoms with Crippen LogP contribution in [-0.4, -0.2) is 31.6 Å². The Morgan fingerprint density at radius 1 is 1.47 bits per heavy atom. The molecule has 2 rings (SSSR count). The number of hydrogen-bond acceptors (Lipinski definition) is 3. The average molecular weight is 326 g/mol. The average Bonchev–Trinajstić information content (AvgIpc) is 2.39. The molecule has 3 N–H and O–H groups in total. The number of benzene rings is 1. The van der Waals surface area contributed by atoms with Gasteiger partial charge in [0, 0.05) is 29.9 Å². The van der Waals surface area contributed by atoms with Crippen molar-refractivity contribution in [2.45, 2.75) is 25.9 Å². The van der Waals surface area contributed by atoms with Crippen LogP contribution in [0.3, 0.4) is 0 Å². The predicted molar refractivity (Wildman–Crippen MR) is 82.0 cm³/mol. The molecule has 0 radical (unpaired) electrons. The zero-order chi connectivity index (χ0) is 13.8. The number of anilines is 1. The molecule has 0 amide bonds. The molecule has 1 aromatic carbocycles. The monoisotopic (exact) mass is 325 g/mol. The third-order valence-corrected chi connectivity index (χ3v) is 4.11. The second kappa shape index (κ2) is 6.39. The smallest absolute Gasteiger partial charge is 0.126 e. The van der Waals surface area contributed by atoms with E-state index < -0.39 is 0 Å². The Bertz CT molecular complexity index is 456. The maximum absolute atomic E-state index is 7.74. The molecule has 1 aliphatic rings. The van der Waals surface area contributed by atoms with Gasteiger partial charge in [-0.3, -0.25) is 5.41 Å². The van der Waals surface area contributed by atoms with Gasteiger partial charge in [-0.25, -0.2) is 0 Å². The van der Waals surface area contributed by atoms with Crippen molar-refractivity contribution < 1.29 is 4.74 Å². The molecule has 4 nitrogen and oxygen atoms in total. The topological polar surface area (TPSA) is 62.3 Å². The zero-order valence-electron chi connectivity index (χ0n) is 11.2. The lowest BCUT2D eigenvalue weighted by molar-refractivity contribution is 0.0459. The molecule has 19 heavy (non-hydrogen) atoms. The summed E-state index contributed by atoms with van der Waals surface area (Å²) in [6.45, 7) is 4.71. The minimum absolute atomic E-state index is 0.106. The Morgan fingerprint density at radius 2 is 2.16 bits per heavy atom. The van der Waals surface area contributed by atoms with Gasteiger partial charge in [-0.1, -0.05) is 6.07 Å². The van der Waals surface area contributed by atoms with E-state index in [-0.39, 0.29) is 5.84 Å². The highest BCUT2D eigenvalue weighted by Gasteiger charge is 2.22. The number of amidine groups is 1. The van der Waals surface area contributed by atoms with Crippen LogP contribution in [0.1, 0.15) is 25.3 Å². The largest absolute Gasteiger partial charge is 0.384 e. The number of piperidine rings is 1. The summed E-state index contributed by atoms with van der Waals surface area (Å²) in [5.74, 6) is 0.106. The van der Waals surface area contributed by atoms with Gasteiger partial charge in [0.15, 0.2) is 0 Å². The number of nitrogens with two attached hydrogens (primary N) is 1. The first kappa shape index (κ1) is 14.3. The first-order chi connectivity index (χ1) is 9.13. The van der Waals surface area contributed by atoms with Gasteiger partial charge in [-0.2, -0.15) is 0 Å². The van der Waals surface area contributed by atoms with Crippen molar-refractivity contribution in [2.75, 3.05) is 24.6 Å². The Morgan fingerprint density at radius 3 is 2.74 bits per heavy atom. The molecule has 0 spiro atoms. The highest BCUT2D eigenvalue weighted by molar-refractivity contribution is 9.10. The lowest BCUT2D eigenvalue weighted by Crippen LogP contribution is -2.38. The predicted octanol–water partition coefficient (Wildman–Crippen LogP) is 2.74. The first-order valence-corrected chi connectivity index (χ1v) is 7.42. The minimum Gasteiger partial charge on any atom is -0.384 e. The fourth-order valence-electron chi connectivity index (χ4n) is 2.54. The van der Waals surface area contributed by atoms with Crippen molar-refractivity contribution in [3.05, 3.63) is 28.2 Å². The Labute approximate surface area is 122 Å². The molecule has 1 fully saturated rings. The van der Waals surface area contributed by atoms with E-state index in [1.807, 2.05) is 25.1 Å². The van der Waals surface area contributed by atoms with Gasteiger partial charge in [-0.05, 0) is 47.8 Å². The summed E-state index contributed by atoms with van der Waals surface area (Å²) in [5.41, 5.74) is 7.53.